The second-order valence-electron chi connectivity index (χ2n) is 5.44. The van der Waals surface area contributed by atoms with Gasteiger partial charge in [0, 0.05) is 12.6 Å². The van der Waals surface area contributed by atoms with Crippen molar-refractivity contribution in [3.05, 3.63) is 0 Å². The number of alkyl halides is 3. The Morgan fingerprint density at radius 3 is 2.28 bits per heavy atom. The van der Waals surface area contributed by atoms with Crippen LogP contribution in [0.1, 0.15) is 40.0 Å². The van der Waals surface area contributed by atoms with Crippen LogP contribution in [0.15, 0.2) is 0 Å². The summed E-state index contributed by atoms with van der Waals surface area (Å²) in [7, 11) is 1.76. The standard InChI is InChI=1S/C13H27F3N2/c1-11(2)10-17-8-5-6-12(3)18(4)9-7-13(14,15)16/h11-12,17H,5-10H2,1-4H3. The lowest BCUT2D eigenvalue weighted by Gasteiger charge is -2.25. The molecular weight excluding hydrogens is 241 g/mol. The monoisotopic (exact) mass is 268 g/mol. The van der Waals surface area contributed by atoms with E-state index in [1.165, 1.54) is 0 Å². The van der Waals surface area contributed by atoms with Crippen LogP contribution in [0.25, 0.3) is 0 Å². The molecule has 0 aliphatic carbocycles. The summed E-state index contributed by atoms with van der Waals surface area (Å²) in [5, 5.41) is 3.34. The van der Waals surface area contributed by atoms with E-state index in [0.717, 1.165) is 25.9 Å². The zero-order valence-corrected chi connectivity index (χ0v) is 12.0. The lowest BCUT2D eigenvalue weighted by atomic mass is 10.1. The summed E-state index contributed by atoms with van der Waals surface area (Å²) in [5.74, 6) is 0.636. The Hall–Kier alpha value is -0.290. The summed E-state index contributed by atoms with van der Waals surface area (Å²) in [6, 6.07) is 0.202. The van der Waals surface area contributed by atoms with Gasteiger partial charge in [-0.3, -0.25) is 0 Å². The fourth-order valence-electron chi connectivity index (χ4n) is 1.66. The quantitative estimate of drug-likeness (QED) is 0.646. The molecule has 0 spiro atoms. The normalized spacial score (nSPS) is 14.5. The van der Waals surface area contributed by atoms with Crippen LogP contribution in [-0.4, -0.2) is 43.8 Å². The number of hydrogen-bond acceptors (Lipinski definition) is 2. The van der Waals surface area contributed by atoms with Gasteiger partial charge in [-0.1, -0.05) is 13.8 Å². The van der Waals surface area contributed by atoms with E-state index in [4.69, 9.17) is 0 Å². The Bertz CT molecular complexity index is 205. The summed E-state index contributed by atoms with van der Waals surface area (Å²) in [4.78, 5) is 1.79. The highest BCUT2D eigenvalue weighted by molar-refractivity contribution is 4.66. The van der Waals surface area contributed by atoms with Crippen LogP contribution in [0.4, 0.5) is 13.2 Å². The van der Waals surface area contributed by atoms with Gasteiger partial charge < -0.3 is 10.2 Å². The number of nitrogens with zero attached hydrogens (tertiary/aromatic N) is 1. The van der Waals surface area contributed by atoms with E-state index in [2.05, 4.69) is 19.2 Å². The Kier molecular flexibility index (Phi) is 8.61. The summed E-state index contributed by atoms with van der Waals surface area (Å²) in [6.45, 7) is 8.32. The van der Waals surface area contributed by atoms with Gasteiger partial charge in [-0.2, -0.15) is 13.2 Å². The average Bonchev–Trinajstić information content (AvgIpc) is 2.23. The highest BCUT2D eigenvalue weighted by atomic mass is 19.4. The maximum Gasteiger partial charge on any atom is 0.390 e. The molecule has 1 N–H and O–H groups in total. The molecule has 0 aliphatic rings. The van der Waals surface area contributed by atoms with Crippen molar-refractivity contribution in [1.82, 2.24) is 10.2 Å². The van der Waals surface area contributed by atoms with E-state index < -0.39 is 12.6 Å². The average molecular weight is 268 g/mol. The van der Waals surface area contributed by atoms with E-state index in [9.17, 15) is 13.2 Å². The van der Waals surface area contributed by atoms with E-state index in [-0.39, 0.29) is 12.6 Å². The highest BCUT2D eigenvalue weighted by Gasteiger charge is 2.27. The highest BCUT2D eigenvalue weighted by Crippen LogP contribution is 2.20. The van der Waals surface area contributed by atoms with Gasteiger partial charge in [0.2, 0.25) is 0 Å². The van der Waals surface area contributed by atoms with Crippen LogP contribution in [-0.2, 0) is 0 Å². The Labute approximate surface area is 109 Å². The molecule has 2 nitrogen and oxygen atoms in total. The number of halogens is 3. The van der Waals surface area contributed by atoms with Crippen LogP contribution in [0.3, 0.4) is 0 Å². The first kappa shape index (κ1) is 17.7. The van der Waals surface area contributed by atoms with Crippen molar-refractivity contribution in [2.75, 3.05) is 26.7 Å². The van der Waals surface area contributed by atoms with Gasteiger partial charge in [-0.25, -0.2) is 0 Å². The molecule has 18 heavy (non-hydrogen) atoms. The van der Waals surface area contributed by atoms with Gasteiger partial charge >= 0.3 is 6.18 Å². The molecule has 0 saturated carbocycles. The van der Waals surface area contributed by atoms with E-state index >= 15 is 0 Å². The van der Waals surface area contributed by atoms with Crippen molar-refractivity contribution in [1.29, 1.82) is 0 Å². The number of rotatable bonds is 9. The maximum atomic E-state index is 12.1. The first-order chi connectivity index (χ1) is 8.22. The van der Waals surface area contributed by atoms with Gasteiger partial charge in [0.1, 0.15) is 0 Å². The van der Waals surface area contributed by atoms with Crippen molar-refractivity contribution < 1.29 is 13.2 Å². The third-order valence-corrected chi connectivity index (χ3v) is 3.03. The molecule has 1 atom stereocenters. The van der Waals surface area contributed by atoms with Crippen molar-refractivity contribution in [3.8, 4) is 0 Å². The van der Waals surface area contributed by atoms with Crippen molar-refractivity contribution in [3.63, 3.8) is 0 Å². The first-order valence-corrected chi connectivity index (χ1v) is 6.70. The minimum Gasteiger partial charge on any atom is -0.316 e. The molecule has 0 heterocycles. The molecule has 0 aromatic carbocycles. The SMILES string of the molecule is CC(C)CNCCCC(C)N(C)CCC(F)(F)F. The Morgan fingerprint density at radius 2 is 1.78 bits per heavy atom. The third-order valence-electron chi connectivity index (χ3n) is 3.03. The predicted octanol–water partition coefficient (Wildman–Crippen LogP) is 3.28. The number of nitrogens with one attached hydrogen (secondary N) is 1. The molecule has 0 aromatic rings. The van der Waals surface area contributed by atoms with Crippen LogP contribution < -0.4 is 5.32 Å². The van der Waals surface area contributed by atoms with Crippen LogP contribution in [0.5, 0.6) is 0 Å². The van der Waals surface area contributed by atoms with Crippen LogP contribution in [0, 0.1) is 5.92 Å². The van der Waals surface area contributed by atoms with Gasteiger partial charge in [0.15, 0.2) is 0 Å². The van der Waals surface area contributed by atoms with E-state index in [1.807, 2.05) is 6.92 Å². The molecule has 5 heteroatoms. The fourth-order valence-corrected chi connectivity index (χ4v) is 1.66. The molecular formula is C13H27F3N2. The summed E-state index contributed by atoms with van der Waals surface area (Å²) in [6.07, 6.45) is -2.84. The molecule has 1 unspecified atom stereocenters. The Morgan fingerprint density at radius 1 is 1.17 bits per heavy atom. The molecule has 0 fully saturated rings. The second kappa shape index (κ2) is 8.75. The van der Waals surface area contributed by atoms with Crippen molar-refractivity contribution in [2.45, 2.75) is 52.3 Å². The smallest absolute Gasteiger partial charge is 0.316 e. The molecule has 0 bridgehead atoms. The summed E-state index contributed by atoms with van der Waals surface area (Å²) >= 11 is 0. The van der Waals surface area contributed by atoms with Crippen molar-refractivity contribution in [2.24, 2.45) is 5.92 Å². The molecule has 0 amide bonds. The summed E-state index contributed by atoms with van der Waals surface area (Å²) < 4.78 is 36.2. The molecule has 110 valence electrons. The molecule has 0 radical (unpaired) electrons. The predicted molar refractivity (Wildman–Crippen MR) is 69.7 cm³/mol. The molecule has 0 aromatic heterocycles. The summed E-state index contributed by atoms with van der Waals surface area (Å²) in [5.41, 5.74) is 0. The maximum absolute atomic E-state index is 12.1. The van der Waals surface area contributed by atoms with Crippen LogP contribution in [0.2, 0.25) is 0 Å². The van der Waals surface area contributed by atoms with Gasteiger partial charge in [-0.15, -0.1) is 0 Å². The van der Waals surface area contributed by atoms with Crippen LogP contribution >= 0.6 is 0 Å². The lowest BCUT2D eigenvalue weighted by molar-refractivity contribution is -0.138. The molecule has 0 saturated heterocycles. The minimum absolute atomic E-state index is 0.0874. The zero-order valence-electron chi connectivity index (χ0n) is 12.0. The van der Waals surface area contributed by atoms with Gasteiger partial charge in [0.05, 0.1) is 6.42 Å². The topological polar surface area (TPSA) is 15.3 Å². The zero-order chi connectivity index (χ0) is 14.2. The minimum atomic E-state index is -4.05. The fraction of sp³-hybridized carbons (Fsp3) is 1.00. The van der Waals surface area contributed by atoms with Gasteiger partial charge in [0.25, 0.3) is 0 Å². The molecule has 0 aliphatic heterocycles. The van der Waals surface area contributed by atoms with Gasteiger partial charge in [-0.05, 0) is 45.8 Å². The first-order valence-electron chi connectivity index (χ1n) is 6.70. The third kappa shape index (κ3) is 10.8. The Balaban J connectivity index is 3.59. The molecule has 0 rings (SSSR count). The van der Waals surface area contributed by atoms with Crippen molar-refractivity contribution >= 4 is 0 Å². The lowest BCUT2D eigenvalue weighted by Crippen LogP contribution is -2.33. The van der Waals surface area contributed by atoms with E-state index in [0.29, 0.717) is 5.92 Å². The number of hydrogen-bond donors (Lipinski definition) is 1. The second-order valence-corrected chi connectivity index (χ2v) is 5.44. The van der Waals surface area contributed by atoms with E-state index in [1.54, 1.807) is 11.9 Å². The largest absolute Gasteiger partial charge is 0.390 e.